The molecule has 5 heteroatoms. The fraction of sp³-hybridized carbons (Fsp3) is 0.158. The lowest BCUT2D eigenvalue weighted by Crippen LogP contribution is -1.99. The zero-order valence-electron chi connectivity index (χ0n) is 13.9. The fourth-order valence-corrected chi connectivity index (χ4v) is 2.68. The zero-order valence-corrected chi connectivity index (χ0v) is 14.7. The highest BCUT2D eigenvalue weighted by atomic mass is 35.5. The number of anilines is 1. The minimum absolute atomic E-state index is 0.722. The summed E-state index contributed by atoms with van der Waals surface area (Å²) < 4.78 is 1.93. The second-order valence-electron chi connectivity index (χ2n) is 5.67. The largest absolute Gasteiger partial charge is 0.278 e. The van der Waals surface area contributed by atoms with Gasteiger partial charge >= 0.3 is 0 Å². The van der Waals surface area contributed by atoms with Crippen molar-refractivity contribution in [3.05, 3.63) is 76.1 Å². The van der Waals surface area contributed by atoms with Gasteiger partial charge < -0.3 is 0 Å². The molecule has 1 heterocycles. The van der Waals surface area contributed by atoms with Crippen molar-refractivity contribution < 1.29 is 0 Å². The van der Waals surface area contributed by atoms with Gasteiger partial charge in [-0.15, -0.1) is 0 Å². The van der Waals surface area contributed by atoms with E-state index < -0.39 is 0 Å². The third-order valence-electron chi connectivity index (χ3n) is 3.91. The van der Waals surface area contributed by atoms with Gasteiger partial charge in [0.05, 0.1) is 29.0 Å². The number of aromatic nitrogens is 2. The Labute approximate surface area is 146 Å². The number of hydrazone groups is 1. The van der Waals surface area contributed by atoms with Crippen LogP contribution in [0.15, 0.2) is 53.6 Å². The van der Waals surface area contributed by atoms with Gasteiger partial charge in [0, 0.05) is 10.6 Å². The standard InChI is InChI=1S/C19H19ClN4/c1-13-9-10-16(11-19(13)20)22-21-12-18-14(2)23-24(15(18)3)17-7-5-4-6-8-17/h4-12,22H,1-3H3/b21-12+. The van der Waals surface area contributed by atoms with Crippen molar-refractivity contribution >= 4 is 23.5 Å². The minimum atomic E-state index is 0.722. The van der Waals surface area contributed by atoms with E-state index in [1.807, 2.05) is 74.0 Å². The number of benzene rings is 2. The summed E-state index contributed by atoms with van der Waals surface area (Å²) in [6.07, 6.45) is 1.80. The SMILES string of the molecule is Cc1ccc(N/N=C/c2c(C)nn(-c3ccccc3)c2C)cc1Cl. The van der Waals surface area contributed by atoms with Crippen LogP contribution in [0.1, 0.15) is 22.5 Å². The Morgan fingerprint density at radius 3 is 2.54 bits per heavy atom. The third kappa shape index (κ3) is 3.34. The van der Waals surface area contributed by atoms with Crippen LogP contribution in [0.2, 0.25) is 5.02 Å². The molecule has 0 spiro atoms. The average Bonchev–Trinajstić information content (AvgIpc) is 2.87. The quantitative estimate of drug-likeness (QED) is 0.543. The van der Waals surface area contributed by atoms with Gasteiger partial charge in [-0.25, -0.2) is 4.68 Å². The van der Waals surface area contributed by atoms with Crippen molar-refractivity contribution in [2.75, 3.05) is 5.43 Å². The molecule has 0 aliphatic carbocycles. The Morgan fingerprint density at radius 2 is 1.83 bits per heavy atom. The molecule has 0 atom stereocenters. The monoisotopic (exact) mass is 338 g/mol. The van der Waals surface area contributed by atoms with E-state index in [2.05, 4.69) is 15.6 Å². The molecule has 0 amide bonds. The van der Waals surface area contributed by atoms with Crippen LogP contribution in [0.4, 0.5) is 5.69 Å². The van der Waals surface area contributed by atoms with E-state index in [9.17, 15) is 0 Å². The molecular formula is C19H19ClN4. The molecule has 0 unspecified atom stereocenters. The second-order valence-corrected chi connectivity index (χ2v) is 6.07. The first-order valence-corrected chi connectivity index (χ1v) is 8.11. The fourth-order valence-electron chi connectivity index (χ4n) is 2.50. The van der Waals surface area contributed by atoms with Crippen molar-refractivity contribution in [1.82, 2.24) is 9.78 Å². The highest BCUT2D eigenvalue weighted by Crippen LogP contribution is 2.20. The minimum Gasteiger partial charge on any atom is -0.278 e. The van der Waals surface area contributed by atoms with Gasteiger partial charge in [0.1, 0.15) is 0 Å². The van der Waals surface area contributed by atoms with E-state index in [0.717, 1.165) is 38.9 Å². The lowest BCUT2D eigenvalue weighted by Gasteiger charge is -2.04. The summed E-state index contributed by atoms with van der Waals surface area (Å²) in [5.74, 6) is 0. The zero-order chi connectivity index (χ0) is 17.1. The van der Waals surface area contributed by atoms with E-state index in [1.54, 1.807) is 6.21 Å². The summed E-state index contributed by atoms with van der Waals surface area (Å²) in [7, 11) is 0. The molecule has 1 aromatic heterocycles. The Balaban J connectivity index is 1.82. The first-order valence-electron chi connectivity index (χ1n) is 7.73. The predicted octanol–water partition coefficient (Wildman–Crippen LogP) is 4.90. The number of halogens is 1. The topological polar surface area (TPSA) is 42.2 Å². The third-order valence-corrected chi connectivity index (χ3v) is 4.31. The molecule has 4 nitrogen and oxygen atoms in total. The molecular weight excluding hydrogens is 320 g/mol. The summed E-state index contributed by atoms with van der Waals surface area (Å²) >= 11 is 6.13. The van der Waals surface area contributed by atoms with Crippen LogP contribution < -0.4 is 5.43 Å². The number of hydrogen-bond acceptors (Lipinski definition) is 3. The van der Waals surface area contributed by atoms with Crippen LogP contribution >= 0.6 is 11.6 Å². The Hall–Kier alpha value is -2.59. The van der Waals surface area contributed by atoms with Gasteiger partial charge in [0.25, 0.3) is 0 Å². The normalized spacial score (nSPS) is 11.2. The molecule has 0 aliphatic rings. The number of rotatable bonds is 4. The molecule has 3 rings (SSSR count). The van der Waals surface area contributed by atoms with Gasteiger partial charge in [0.2, 0.25) is 0 Å². The van der Waals surface area contributed by atoms with Crippen molar-refractivity contribution in [3.63, 3.8) is 0 Å². The van der Waals surface area contributed by atoms with E-state index in [4.69, 9.17) is 11.6 Å². The Morgan fingerprint density at radius 1 is 1.08 bits per heavy atom. The lowest BCUT2D eigenvalue weighted by atomic mass is 10.2. The number of nitrogens with zero attached hydrogens (tertiary/aromatic N) is 3. The van der Waals surface area contributed by atoms with Gasteiger partial charge in [-0.3, -0.25) is 5.43 Å². The Bertz CT molecular complexity index is 882. The van der Waals surface area contributed by atoms with Gasteiger partial charge in [-0.2, -0.15) is 10.2 Å². The molecule has 2 aromatic carbocycles. The second kappa shape index (κ2) is 6.89. The smallest absolute Gasteiger partial charge is 0.0689 e. The Kier molecular flexibility index (Phi) is 4.67. The summed E-state index contributed by atoms with van der Waals surface area (Å²) in [5, 5.41) is 9.65. The van der Waals surface area contributed by atoms with Crippen LogP contribution in [0.3, 0.4) is 0 Å². The van der Waals surface area contributed by atoms with Crippen LogP contribution in [0.25, 0.3) is 5.69 Å². The molecule has 0 saturated heterocycles. The van der Waals surface area contributed by atoms with Gasteiger partial charge in [0.15, 0.2) is 0 Å². The van der Waals surface area contributed by atoms with Gasteiger partial charge in [-0.1, -0.05) is 35.9 Å². The molecule has 3 aromatic rings. The lowest BCUT2D eigenvalue weighted by molar-refractivity contribution is 0.833. The van der Waals surface area contributed by atoms with E-state index in [1.165, 1.54) is 0 Å². The molecule has 0 fully saturated rings. The summed E-state index contributed by atoms with van der Waals surface area (Å²) in [6.45, 7) is 5.99. The number of aryl methyl sites for hydroxylation is 2. The molecule has 0 saturated carbocycles. The molecule has 0 aliphatic heterocycles. The van der Waals surface area contributed by atoms with E-state index in [0.29, 0.717) is 0 Å². The predicted molar refractivity (Wildman–Crippen MR) is 100 cm³/mol. The summed E-state index contributed by atoms with van der Waals surface area (Å²) in [5.41, 5.74) is 8.93. The van der Waals surface area contributed by atoms with Gasteiger partial charge in [-0.05, 0) is 50.6 Å². The van der Waals surface area contributed by atoms with Crippen LogP contribution in [0, 0.1) is 20.8 Å². The van der Waals surface area contributed by atoms with Crippen molar-refractivity contribution in [2.45, 2.75) is 20.8 Å². The number of nitrogens with one attached hydrogen (secondary N) is 1. The highest BCUT2D eigenvalue weighted by molar-refractivity contribution is 6.31. The van der Waals surface area contributed by atoms with Crippen molar-refractivity contribution in [1.29, 1.82) is 0 Å². The number of para-hydroxylation sites is 1. The number of hydrogen-bond donors (Lipinski definition) is 1. The van der Waals surface area contributed by atoms with Crippen molar-refractivity contribution in [3.8, 4) is 5.69 Å². The average molecular weight is 339 g/mol. The van der Waals surface area contributed by atoms with E-state index in [-0.39, 0.29) is 0 Å². The van der Waals surface area contributed by atoms with Crippen molar-refractivity contribution in [2.24, 2.45) is 5.10 Å². The maximum atomic E-state index is 6.13. The molecule has 0 radical (unpaired) electrons. The van der Waals surface area contributed by atoms with E-state index >= 15 is 0 Å². The molecule has 122 valence electrons. The van der Waals surface area contributed by atoms with Crippen LogP contribution in [0.5, 0.6) is 0 Å². The molecule has 24 heavy (non-hydrogen) atoms. The highest BCUT2D eigenvalue weighted by Gasteiger charge is 2.10. The van der Waals surface area contributed by atoms with Crippen LogP contribution in [-0.4, -0.2) is 16.0 Å². The van der Waals surface area contributed by atoms with Crippen LogP contribution in [-0.2, 0) is 0 Å². The summed E-state index contributed by atoms with van der Waals surface area (Å²) in [4.78, 5) is 0. The maximum Gasteiger partial charge on any atom is 0.0689 e. The first-order chi connectivity index (χ1) is 11.6. The molecule has 0 bridgehead atoms. The maximum absolute atomic E-state index is 6.13. The summed E-state index contributed by atoms with van der Waals surface area (Å²) in [6, 6.07) is 15.8. The molecule has 1 N–H and O–H groups in total. The first kappa shape index (κ1) is 16.3.